The predicted molar refractivity (Wildman–Crippen MR) is 259 cm³/mol. The molecule has 0 fully saturated rings. The Morgan fingerprint density at radius 1 is 0.226 bits per heavy atom. The molecule has 62 heavy (non-hydrogen) atoms. The molecule has 0 aromatic carbocycles. The predicted octanol–water partition coefficient (Wildman–Crippen LogP) is 11.6. The van der Waals surface area contributed by atoms with Crippen LogP contribution in [-0.2, 0) is 14.4 Å². The van der Waals surface area contributed by atoms with Crippen LogP contribution in [0.3, 0.4) is 0 Å². The van der Waals surface area contributed by atoms with Gasteiger partial charge in [-0.3, -0.25) is 0 Å². The number of aliphatic carboxylic acids is 3. The largest absolute Gasteiger partial charge is 2.00 e. The van der Waals surface area contributed by atoms with Crippen molar-refractivity contribution in [1.29, 1.82) is 0 Å². The van der Waals surface area contributed by atoms with Crippen LogP contribution in [0.2, 0.25) is 0 Å². The molecule has 0 rings (SSSR count). The Labute approximate surface area is 446 Å². The fourth-order valence-corrected chi connectivity index (χ4v) is 7.92. The van der Waals surface area contributed by atoms with Crippen molar-refractivity contribution in [2.24, 2.45) is 0 Å². The molecule has 0 radical (unpaired) electrons. The summed E-state index contributed by atoms with van der Waals surface area (Å²) in [6, 6.07) is 0. The zero-order chi connectivity index (χ0) is 44.7. The number of carbonyl (C=O) groups excluding carboxylic acids is 3. The van der Waals surface area contributed by atoms with Gasteiger partial charge in [0.1, 0.15) is 0 Å². The third-order valence-corrected chi connectivity index (χ3v) is 12.0. The number of unbranched alkanes of at least 4 members (excludes halogenated alkanes) is 42. The molecule has 0 saturated heterocycles. The van der Waals surface area contributed by atoms with Gasteiger partial charge in [0.05, 0.1) is 0 Å². The standard InChI is InChI=1S/3C18H36O2.K.Mg/c3*1-2-3-4-5-6-7-8-9-10-11-12-13-14-15-16-17-18(19)20;;/h3*2-17H2,1H3,(H,19,20);;/q;;;+1;+2/p-3. The number of rotatable bonds is 48. The maximum Gasteiger partial charge on any atom is 2.00 e. The summed E-state index contributed by atoms with van der Waals surface area (Å²) >= 11 is 0. The van der Waals surface area contributed by atoms with Crippen molar-refractivity contribution in [3.8, 4) is 0 Å². The molecule has 0 aromatic heterocycles. The first kappa shape index (κ1) is 71.8. The second-order valence-electron chi connectivity index (χ2n) is 18.2. The fourth-order valence-electron chi connectivity index (χ4n) is 7.92. The van der Waals surface area contributed by atoms with E-state index in [1.807, 2.05) is 0 Å². The molecule has 0 N–H and O–H groups in total. The minimum Gasteiger partial charge on any atom is -0.550 e. The Bertz CT molecular complexity index is 724. The summed E-state index contributed by atoms with van der Waals surface area (Å²) in [6.07, 6.45) is 59.6. The molecule has 0 aliphatic rings. The SMILES string of the molecule is CCCCCCCCCCCCCCCCCC(=O)[O-].CCCCCCCCCCCCCCCCCC(=O)[O-].CCCCCCCCCCCCCCCCCC(=O)[O-].[K+].[Mg+2]. The first-order valence-corrected chi connectivity index (χ1v) is 26.9. The topological polar surface area (TPSA) is 120 Å². The third kappa shape index (κ3) is 81.0. The Balaban J connectivity index is -0.000000258. The van der Waals surface area contributed by atoms with E-state index < -0.39 is 17.9 Å². The summed E-state index contributed by atoms with van der Waals surface area (Å²) in [7, 11) is 0. The maximum atomic E-state index is 10.2. The molecule has 0 bridgehead atoms. The van der Waals surface area contributed by atoms with E-state index in [4.69, 9.17) is 0 Å². The number of carboxylic acid groups (broad SMARTS) is 3. The minimum absolute atomic E-state index is 0. The molecule has 0 atom stereocenters. The van der Waals surface area contributed by atoms with E-state index in [-0.39, 0.29) is 93.7 Å². The molecule has 0 spiro atoms. The zero-order valence-corrected chi connectivity index (χ0v) is 47.1. The summed E-state index contributed by atoms with van der Waals surface area (Å²) in [6.45, 7) is 6.80. The van der Waals surface area contributed by atoms with E-state index in [9.17, 15) is 29.7 Å². The van der Waals surface area contributed by atoms with Crippen LogP contribution in [0.25, 0.3) is 0 Å². The summed E-state index contributed by atoms with van der Waals surface area (Å²) in [5.74, 6) is -2.71. The van der Waals surface area contributed by atoms with E-state index in [0.29, 0.717) is 0 Å². The van der Waals surface area contributed by atoms with Crippen molar-refractivity contribution >= 4 is 41.0 Å². The molecule has 0 amide bonds. The van der Waals surface area contributed by atoms with E-state index in [1.54, 1.807) is 0 Å². The van der Waals surface area contributed by atoms with Gasteiger partial charge in [0.15, 0.2) is 0 Å². The van der Waals surface area contributed by atoms with Crippen LogP contribution in [0.5, 0.6) is 0 Å². The molecule has 0 aliphatic heterocycles. The average Bonchev–Trinajstić information content (AvgIpc) is 3.22. The van der Waals surface area contributed by atoms with Crippen molar-refractivity contribution in [2.75, 3.05) is 0 Å². The van der Waals surface area contributed by atoms with Gasteiger partial charge in [0.2, 0.25) is 0 Å². The average molecular weight is 914 g/mol. The van der Waals surface area contributed by atoms with Crippen molar-refractivity contribution < 1.29 is 81.1 Å². The number of carboxylic acids is 3. The monoisotopic (exact) mass is 913 g/mol. The first-order valence-electron chi connectivity index (χ1n) is 26.9. The van der Waals surface area contributed by atoms with Crippen LogP contribution in [0, 0.1) is 0 Å². The number of carbonyl (C=O) groups is 3. The molecular formula is C54H105KMgO6. The Morgan fingerprint density at radius 2 is 0.323 bits per heavy atom. The maximum absolute atomic E-state index is 10.2. The quantitative estimate of drug-likeness (QED) is 0.0443. The summed E-state index contributed by atoms with van der Waals surface area (Å²) in [5.41, 5.74) is 0. The molecule has 0 aliphatic carbocycles. The van der Waals surface area contributed by atoms with Gasteiger partial charge in [-0.1, -0.05) is 290 Å². The van der Waals surface area contributed by atoms with Crippen LogP contribution in [-0.4, -0.2) is 41.0 Å². The van der Waals surface area contributed by atoms with E-state index in [2.05, 4.69) is 20.8 Å². The molecule has 0 heterocycles. The second kappa shape index (κ2) is 68.4. The number of hydrogen-bond acceptors (Lipinski definition) is 6. The van der Waals surface area contributed by atoms with Crippen LogP contribution >= 0.6 is 0 Å². The van der Waals surface area contributed by atoms with Crippen molar-refractivity contribution in [3.63, 3.8) is 0 Å². The summed E-state index contributed by atoms with van der Waals surface area (Å²) in [5, 5.41) is 30.7. The van der Waals surface area contributed by atoms with Crippen LogP contribution in [0.4, 0.5) is 0 Å². The molecule has 6 nitrogen and oxygen atoms in total. The molecular weight excluding hydrogens is 808 g/mol. The van der Waals surface area contributed by atoms with E-state index in [1.165, 1.54) is 250 Å². The second-order valence-corrected chi connectivity index (χ2v) is 18.2. The number of hydrogen-bond donors (Lipinski definition) is 0. The Morgan fingerprint density at radius 3 is 0.419 bits per heavy atom. The van der Waals surface area contributed by atoms with Crippen molar-refractivity contribution in [1.82, 2.24) is 0 Å². The fraction of sp³-hybridized carbons (Fsp3) is 0.944. The Hall–Kier alpha value is 0.813. The van der Waals surface area contributed by atoms with Gasteiger partial charge in [0, 0.05) is 17.9 Å². The molecule has 8 heteroatoms. The summed E-state index contributed by atoms with van der Waals surface area (Å²) < 4.78 is 0. The van der Waals surface area contributed by atoms with Gasteiger partial charge in [-0.05, 0) is 38.5 Å². The molecule has 0 aromatic rings. The van der Waals surface area contributed by atoms with Gasteiger partial charge < -0.3 is 29.7 Å². The van der Waals surface area contributed by atoms with Gasteiger partial charge >= 0.3 is 74.4 Å². The van der Waals surface area contributed by atoms with Gasteiger partial charge in [0.25, 0.3) is 0 Å². The molecule has 360 valence electrons. The van der Waals surface area contributed by atoms with Crippen molar-refractivity contribution in [3.05, 3.63) is 0 Å². The van der Waals surface area contributed by atoms with E-state index >= 15 is 0 Å². The van der Waals surface area contributed by atoms with Crippen molar-refractivity contribution in [2.45, 2.75) is 329 Å². The van der Waals surface area contributed by atoms with Crippen LogP contribution in [0.1, 0.15) is 329 Å². The zero-order valence-electron chi connectivity index (χ0n) is 42.6. The Kier molecular flexibility index (Phi) is 79.2. The van der Waals surface area contributed by atoms with Gasteiger partial charge in [-0.2, -0.15) is 0 Å². The molecule has 0 saturated carbocycles. The first-order chi connectivity index (χ1) is 29.3. The van der Waals surface area contributed by atoms with Gasteiger partial charge in [-0.15, -0.1) is 0 Å². The van der Waals surface area contributed by atoms with Crippen LogP contribution < -0.4 is 66.7 Å². The summed E-state index contributed by atoms with van der Waals surface area (Å²) in [4.78, 5) is 30.7. The van der Waals surface area contributed by atoms with E-state index in [0.717, 1.165) is 38.5 Å². The van der Waals surface area contributed by atoms with Gasteiger partial charge in [-0.25, -0.2) is 0 Å². The smallest absolute Gasteiger partial charge is 0.550 e. The van der Waals surface area contributed by atoms with Crippen LogP contribution in [0.15, 0.2) is 0 Å². The minimum atomic E-state index is -0.903. The normalized spacial score (nSPS) is 10.5. The third-order valence-electron chi connectivity index (χ3n) is 12.0. The molecule has 0 unspecified atom stereocenters.